The molecule has 0 radical (unpaired) electrons. The van der Waals surface area contributed by atoms with E-state index in [1.54, 1.807) is 11.0 Å². The molecule has 0 aliphatic carbocycles. The number of halogens is 3. The molecule has 116 valence electrons. The topological polar surface area (TPSA) is 35.6 Å². The number of anilines is 1. The Morgan fingerprint density at radius 2 is 1.95 bits per heavy atom. The maximum absolute atomic E-state index is 14.0. The van der Waals surface area contributed by atoms with Crippen LogP contribution in [0.25, 0.3) is 0 Å². The van der Waals surface area contributed by atoms with Gasteiger partial charge in [0.1, 0.15) is 0 Å². The molecule has 0 bridgehead atoms. The van der Waals surface area contributed by atoms with Crippen LogP contribution in [0.5, 0.6) is 0 Å². The van der Waals surface area contributed by atoms with Gasteiger partial charge in [-0.3, -0.25) is 4.90 Å². The van der Waals surface area contributed by atoms with Crippen molar-refractivity contribution < 1.29 is 9.18 Å². The molecule has 2 rings (SSSR count). The van der Waals surface area contributed by atoms with Crippen LogP contribution >= 0.6 is 27.5 Å². The van der Waals surface area contributed by atoms with Gasteiger partial charge >= 0.3 is 6.03 Å². The first kappa shape index (κ1) is 16.5. The molecule has 1 heterocycles. The summed E-state index contributed by atoms with van der Waals surface area (Å²) in [6, 6.07) is 3.28. The smallest absolute Gasteiger partial charge is 0.322 e. The van der Waals surface area contributed by atoms with E-state index in [4.69, 9.17) is 11.6 Å². The summed E-state index contributed by atoms with van der Waals surface area (Å²) in [6.45, 7) is 7.19. The Balaban J connectivity index is 1.98. The minimum absolute atomic E-state index is 0.0302. The van der Waals surface area contributed by atoms with Crippen molar-refractivity contribution in [2.75, 3.05) is 31.5 Å². The van der Waals surface area contributed by atoms with Gasteiger partial charge in [0, 0.05) is 36.7 Å². The van der Waals surface area contributed by atoms with E-state index in [1.165, 1.54) is 6.07 Å². The zero-order valence-electron chi connectivity index (χ0n) is 12.0. The molecule has 1 saturated heterocycles. The minimum atomic E-state index is -0.625. The molecule has 1 aliphatic heterocycles. The van der Waals surface area contributed by atoms with Crippen molar-refractivity contribution in [3.8, 4) is 0 Å². The van der Waals surface area contributed by atoms with Gasteiger partial charge in [0.2, 0.25) is 0 Å². The summed E-state index contributed by atoms with van der Waals surface area (Å²) in [6.07, 6.45) is 0. The number of carbonyl (C=O) groups is 1. The highest BCUT2D eigenvalue weighted by atomic mass is 79.9. The molecule has 1 fully saturated rings. The molecule has 4 nitrogen and oxygen atoms in total. The van der Waals surface area contributed by atoms with Crippen molar-refractivity contribution in [3.63, 3.8) is 0 Å². The van der Waals surface area contributed by atoms with Crippen molar-refractivity contribution in [2.45, 2.75) is 19.9 Å². The predicted octanol–water partition coefficient (Wildman–Crippen LogP) is 3.80. The standard InChI is InChI=1S/C14H18BrClFN3O/c1-9(2)19-5-7-20(8-6-19)14(21)18-11-4-3-10(15)12(16)13(11)17/h3-4,9H,5-8H2,1-2H3,(H,18,21). The van der Waals surface area contributed by atoms with E-state index in [1.807, 2.05) is 0 Å². The monoisotopic (exact) mass is 377 g/mol. The van der Waals surface area contributed by atoms with Gasteiger partial charge in [-0.25, -0.2) is 9.18 Å². The van der Waals surface area contributed by atoms with Gasteiger partial charge < -0.3 is 10.2 Å². The van der Waals surface area contributed by atoms with Crippen LogP contribution in [-0.4, -0.2) is 48.1 Å². The van der Waals surface area contributed by atoms with Gasteiger partial charge in [-0.2, -0.15) is 0 Å². The Kier molecular flexibility index (Phi) is 5.46. The third-order valence-electron chi connectivity index (χ3n) is 3.61. The van der Waals surface area contributed by atoms with Gasteiger partial charge in [-0.1, -0.05) is 11.6 Å². The lowest BCUT2D eigenvalue weighted by atomic mass is 10.2. The van der Waals surface area contributed by atoms with Crippen LogP contribution in [0.2, 0.25) is 5.02 Å². The Hall–Kier alpha value is -0.850. The second-order valence-corrected chi connectivity index (χ2v) is 6.50. The maximum atomic E-state index is 14.0. The average molecular weight is 379 g/mol. The molecule has 0 saturated carbocycles. The quantitative estimate of drug-likeness (QED) is 0.795. The second-order valence-electron chi connectivity index (χ2n) is 5.27. The maximum Gasteiger partial charge on any atom is 0.322 e. The molecule has 2 amide bonds. The van der Waals surface area contributed by atoms with Crippen molar-refractivity contribution in [1.82, 2.24) is 9.80 Å². The summed E-state index contributed by atoms with van der Waals surface area (Å²) < 4.78 is 14.4. The van der Waals surface area contributed by atoms with Crippen LogP contribution in [-0.2, 0) is 0 Å². The SMILES string of the molecule is CC(C)N1CCN(C(=O)Nc2ccc(Br)c(Cl)c2F)CC1. The fourth-order valence-corrected chi connectivity index (χ4v) is 2.73. The average Bonchev–Trinajstić information content (AvgIpc) is 2.48. The Bertz CT molecular complexity index is 533. The van der Waals surface area contributed by atoms with Crippen molar-refractivity contribution in [1.29, 1.82) is 0 Å². The van der Waals surface area contributed by atoms with E-state index in [0.29, 0.717) is 23.6 Å². The van der Waals surface area contributed by atoms with Gasteiger partial charge in [-0.15, -0.1) is 0 Å². The zero-order chi connectivity index (χ0) is 15.6. The summed E-state index contributed by atoms with van der Waals surface area (Å²) in [5.41, 5.74) is 0.0967. The summed E-state index contributed by atoms with van der Waals surface area (Å²) in [5.74, 6) is -0.625. The second kappa shape index (κ2) is 6.94. The van der Waals surface area contributed by atoms with Gasteiger partial charge in [0.25, 0.3) is 0 Å². The number of rotatable bonds is 2. The third-order valence-corrected chi connectivity index (χ3v) is 4.87. The zero-order valence-corrected chi connectivity index (χ0v) is 14.3. The summed E-state index contributed by atoms with van der Waals surface area (Å²) in [7, 11) is 0. The van der Waals surface area contributed by atoms with Crippen LogP contribution in [0.15, 0.2) is 16.6 Å². The molecule has 0 unspecified atom stereocenters. The molecule has 1 aromatic rings. The minimum Gasteiger partial charge on any atom is -0.322 e. The molecule has 0 atom stereocenters. The van der Waals surface area contributed by atoms with Crippen LogP contribution in [0, 0.1) is 5.82 Å². The molecule has 0 spiro atoms. The van der Waals surface area contributed by atoms with E-state index in [-0.39, 0.29) is 16.7 Å². The summed E-state index contributed by atoms with van der Waals surface area (Å²) in [5, 5.41) is 2.55. The number of urea groups is 1. The third kappa shape index (κ3) is 3.87. The van der Waals surface area contributed by atoms with E-state index in [9.17, 15) is 9.18 Å². The van der Waals surface area contributed by atoms with Crippen LogP contribution < -0.4 is 5.32 Å². The first-order valence-electron chi connectivity index (χ1n) is 6.83. The summed E-state index contributed by atoms with van der Waals surface area (Å²) >= 11 is 8.96. The van der Waals surface area contributed by atoms with E-state index >= 15 is 0 Å². The van der Waals surface area contributed by atoms with E-state index in [0.717, 1.165) is 13.1 Å². The van der Waals surface area contributed by atoms with E-state index in [2.05, 4.69) is 40.0 Å². The Morgan fingerprint density at radius 1 is 1.33 bits per heavy atom. The predicted molar refractivity (Wildman–Crippen MR) is 86.4 cm³/mol. The molecule has 1 N–H and O–H groups in total. The highest BCUT2D eigenvalue weighted by Gasteiger charge is 2.23. The van der Waals surface area contributed by atoms with Gasteiger partial charge in [0.15, 0.2) is 5.82 Å². The van der Waals surface area contributed by atoms with Crippen LogP contribution in [0.3, 0.4) is 0 Å². The van der Waals surface area contributed by atoms with E-state index < -0.39 is 5.82 Å². The molecule has 21 heavy (non-hydrogen) atoms. The molecule has 1 aromatic carbocycles. The molecular formula is C14H18BrClFN3O. The normalized spacial score (nSPS) is 16.4. The first-order valence-corrected chi connectivity index (χ1v) is 8.00. The Labute approximate surface area is 137 Å². The highest BCUT2D eigenvalue weighted by molar-refractivity contribution is 9.10. The summed E-state index contributed by atoms with van der Waals surface area (Å²) in [4.78, 5) is 16.2. The van der Waals surface area contributed by atoms with Gasteiger partial charge in [-0.05, 0) is 41.9 Å². The number of hydrogen-bond acceptors (Lipinski definition) is 2. The number of amides is 2. The lowest BCUT2D eigenvalue weighted by Gasteiger charge is -2.36. The number of hydrogen-bond donors (Lipinski definition) is 1. The first-order chi connectivity index (χ1) is 9.90. The largest absolute Gasteiger partial charge is 0.322 e. The van der Waals surface area contributed by atoms with Crippen molar-refractivity contribution in [2.24, 2.45) is 0 Å². The Morgan fingerprint density at radius 3 is 2.52 bits per heavy atom. The lowest BCUT2D eigenvalue weighted by Crippen LogP contribution is -2.51. The number of piperazine rings is 1. The number of carbonyl (C=O) groups excluding carboxylic acids is 1. The number of benzene rings is 1. The molecule has 0 aromatic heterocycles. The van der Waals surface area contributed by atoms with Crippen LogP contribution in [0.4, 0.5) is 14.9 Å². The van der Waals surface area contributed by atoms with Crippen molar-refractivity contribution in [3.05, 3.63) is 27.4 Å². The molecule has 7 heteroatoms. The highest BCUT2D eigenvalue weighted by Crippen LogP contribution is 2.30. The fourth-order valence-electron chi connectivity index (χ4n) is 2.26. The lowest BCUT2D eigenvalue weighted by molar-refractivity contribution is 0.125. The molecule has 1 aliphatic rings. The van der Waals surface area contributed by atoms with Crippen molar-refractivity contribution >= 4 is 39.2 Å². The number of nitrogens with zero attached hydrogens (tertiary/aromatic N) is 2. The van der Waals surface area contributed by atoms with Gasteiger partial charge in [0.05, 0.1) is 10.7 Å². The molecular weight excluding hydrogens is 361 g/mol. The fraction of sp³-hybridized carbons (Fsp3) is 0.500. The number of nitrogens with one attached hydrogen (secondary N) is 1. The van der Waals surface area contributed by atoms with Crippen LogP contribution in [0.1, 0.15) is 13.8 Å².